The second kappa shape index (κ2) is 10.5. The van der Waals surface area contributed by atoms with Crippen LogP contribution in [-0.4, -0.2) is 18.5 Å². The molecule has 0 aliphatic heterocycles. The van der Waals surface area contributed by atoms with Crippen molar-refractivity contribution >= 4 is 18.3 Å². The van der Waals surface area contributed by atoms with Gasteiger partial charge in [0, 0.05) is 19.0 Å². The summed E-state index contributed by atoms with van der Waals surface area (Å²) in [5.41, 5.74) is 5.68. The van der Waals surface area contributed by atoms with Gasteiger partial charge >= 0.3 is 0 Å². The molecule has 114 valence electrons. The van der Waals surface area contributed by atoms with Crippen molar-refractivity contribution in [3.63, 3.8) is 0 Å². The number of nitrogens with two attached hydrogens (primary N) is 1. The van der Waals surface area contributed by atoms with Gasteiger partial charge in [-0.05, 0) is 31.1 Å². The van der Waals surface area contributed by atoms with E-state index < -0.39 is 0 Å². The fourth-order valence-electron chi connectivity index (χ4n) is 2.93. The zero-order chi connectivity index (χ0) is 13.4. The van der Waals surface area contributed by atoms with Crippen molar-refractivity contribution in [3.05, 3.63) is 0 Å². The number of halogens is 1. The Hall–Kier alpha value is -0.280. The minimum atomic E-state index is 0. The molecule has 0 bridgehead atoms. The van der Waals surface area contributed by atoms with Crippen LogP contribution >= 0.6 is 12.4 Å². The van der Waals surface area contributed by atoms with Crippen molar-refractivity contribution in [2.45, 2.75) is 71.3 Å². The molecule has 0 aromatic carbocycles. The van der Waals surface area contributed by atoms with Gasteiger partial charge in [0.1, 0.15) is 0 Å². The van der Waals surface area contributed by atoms with Gasteiger partial charge < -0.3 is 11.1 Å². The van der Waals surface area contributed by atoms with Gasteiger partial charge in [0.25, 0.3) is 0 Å². The van der Waals surface area contributed by atoms with Crippen molar-refractivity contribution in [2.24, 2.45) is 17.6 Å². The van der Waals surface area contributed by atoms with Gasteiger partial charge in [-0.25, -0.2) is 0 Å². The van der Waals surface area contributed by atoms with Crippen molar-refractivity contribution in [3.8, 4) is 0 Å². The first-order valence-electron chi connectivity index (χ1n) is 7.61. The molecule has 0 radical (unpaired) electrons. The molecule has 0 heterocycles. The first kappa shape index (κ1) is 18.7. The minimum absolute atomic E-state index is 0. The first-order chi connectivity index (χ1) is 8.61. The average molecular weight is 291 g/mol. The Morgan fingerprint density at radius 1 is 1.32 bits per heavy atom. The molecule has 0 aromatic heterocycles. The molecule has 1 atom stereocenters. The summed E-state index contributed by atoms with van der Waals surface area (Å²) in [4.78, 5) is 11.8. The third-order valence-corrected chi connectivity index (χ3v) is 3.90. The first-order valence-corrected chi connectivity index (χ1v) is 7.61. The summed E-state index contributed by atoms with van der Waals surface area (Å²) in [6.45, 7) is 4.87. The van der Waals surface area contributed by atoms with Crippen LogP contribution in [0.2, 0.25) is 0 Å². The maximum absolute atomic E-state index is 11.8. The summed E-state index contributed by atoms with van der Waals surface area (Å²) in [6.07, 6.45) is 9.44. The molecule has 3 nitrogen and oxygen atoms in total. The van der Waals surface area contributed by atoms with E-state index in [9.17, 15) is 4.79 Å². The van der Waals surface area contributed by atoms with Crippen LogP contribution in [0.25, 0.3) is 0 Å². The molecule has 0 spiro atoms. The lowest BCUT2D eigenvalue weighted by Crippen LogP contribution is -2.40. The van der Waals surface area contributed by atoms with Gasteiger partial charge in [0.15, 0.2) is 0 Å². The van der Waals surface area contributed by atoms with E-state index in [4.69, 9.17) is 5.73 Å². The van der Waals surface area contributed by atoms with Crippen LogP contribution in [0.1, 0.15) is 65.2 Å². The van der Waals surface area contributed by atoms with Gasteiger partial charge in [0.05, 0.1) is 0 Å². The van der Waals surface area contributed by atoms with Crippen LogP contribution in [0.15, 0.2) is 0 Å². The Morgan fingerprint density at radius 3 is 2.47 bits per heavy atom. The predicted molar refractivity (Wildman–Crippen MR) is 83.5 cm³/mol. The fourth-order valence-corrected chi connectivity index (χ4v) is 2.93. The Kier molecular flexibility index (Phi) is 10.3. The molecule has 1 aliphatic rings. The quantitative estimate of drug-likeness (QED) is 0.721. The molecule has 4 heteroatoms. The van der Waals surface area contributed by atoms with Crippen LogP contribution < -0.4 is 11.1 Å². The smallest absolute Gasteiger partial charge is 0.220 e. The van der Waals surface area contributed by atoms with E-state index in [-0.39, 0.29) is 24.4 Å². The summed E-state index contributed by atoms with van der Waals surface area (Å²) < 4.78 is 0. The van der Waals surface area contributed by atoms with E-state index in [1.54, 1.807) is 0 Å². The topological polar surface area (TPSA) is 55.1 Å². The van der Waals surface area contributed by atoms with Crippen LogP contribution in [0.4, 0.5) is 0 Å². The fraction of sp³-hybridized carbons (Fsp3) is 0.933. The zero-order valence-corrected chi connectivity index (χ0v) is 13.3. The van der Waals surface area contributed by atoms with Crippen molar-refractivity contribution in [1.82, 2.24) is 5.32 Å². The minimum Gasteiger partial charge on any atom is -0.352 e. The standard InChI is InChI=1S/C15H30N2O.ClH/c1-12(2)10-14(11-16)17-15(18)9-5-8-13-6-3-4-7-13;/h12-14H,3-11,16H2,1-2H3,(H,17,18);1H. The number of nitrogens with one attached hydrogen (secondary N) is 1. The Labute approximate surface area is 124 Å². The zero-order valence-electron chi connectivity index (χ0n) is 12.5. The van der Waals surface area contributed by atoms with Gasteiger partial charge in [0.2, 0.25) is 5.91 Å². The molecule has 1 rings (SSSR count). The van der Waals surface area contributed by atoms with Crippen molar-refractivity contribution < 1.29 is 4.79 Å². The monoisotopic (exact) mass is 290 g/mol. The summed E-state index contributed by atoms with van der Waals surface area (Å²) in [5, 5.41) is 3.06. The average Bonchev–Trinajstić information content (AvgIpc) is 2.80. The lowest BCUT2D eigenvalue weighted by atomic mass is 10.00. The summed E-state index contributed by atoms with van der Waals surface area (Å²) in [7, 11) is 0. The van der Waals surface area contributed by atoms with Gasteiger partial charge in [-0.1, -0.05) is 39.5 Å². The second-order valence-corrected chi connectivity index (χ2v) is 6.17. The van der Waals surface area contributed by atoms with Crippen LogP contribution in [0, 0.1) is 11.8 Å². The highest BCUT2D eigenvalue weighted by Gasteiger charge is 2.16. The Bertz CT molecular complexity index is 240. The number of hydrogen-bond acceptors (Lipinski definition) is 2. The molecule has 1 unspecified atom stereocenters. The van der Waals surface area contributed by atoms with Gasteiger partial charge in [-0.3, -0.25) is 4.79 Å². The highest BCUT2D eigenvalue weighted by molar-refractivity contribution is 5.85. The summed E-state index contributed by atoms with van der Waals surface area (Å²) in [6, 6.07) is 0.156. The highest BCUT2D eigenvalue weighted by atomic mass is 35.5. The third-order valence-electron chi connectivity index (χ3n) is 3.90. The lowest BCUT2D eigenvalue weighted by molar-refractivity contribution is -0.122. The third kappa shape index (κ3) is 8.48. The Balaban J connectivity index is 0.00000324. The van der Waals surface area contributed by atoms with Gasteiger partial charge in [-0.2, -0.15) is 0 Å². The van der Waals surface area contributed by atoms with E-state index in [0.717, 1.165) is 18.8 Å². The maximum atomic E-state index is 11.8. The number of hydrogen-bond donors (Lipinski definition) is 2. The van der Waals surface area contributed by atoms with E-state index in [1.807, 2.05) is 0 Å². The molecular formula is C15H31ClN2O. The second-order valence-electron chi connectivity index (χ2n) is 6.17. The predicted octanol–water partition coefficient (Wildman–Crippen LogP) is 3.26. The van der Waals surface area contributed by atoms with Crippen molar-refractivity contribution in [1.29, 1.82) is 0 Å². The molecule has 19 heavy (non-hydrogen) atoms. The molecular weight excluding hydrogens is 260 g/mol. The lowest BCUT2D eigenvalue weighted by Gasteiger charge is -2.19. The number of carbonyl (C=O) groups excluding carboxylic acids is 1. The van der Waals surface area contributed by atoms with E-state index in [0.29, 0.717) is 18.9 Å². The summed E-state index contributed by atoms with van der Waals surface area (Å²) >= 11 is 0. The summed E-state index contributed by atoms with van der Waals surface area (Å²) in [5.74, 6) is 1.65. The largest absolute Gasteiger partial charge is 0.352 e. The normalized spacial score (nSPS) is 17.3. The number of amides is 1. The highest BCUT2D eigenvalue weighted by Crippen LogP contribution is 2.28. The van der Waals surface area contributed by atoms with Crippen molar-refractivity contribution in [2.75, 3.05) is 6.54 Å². The van der Waals surface area contributed by atoms with E-state index in [2.05, 4.69) is 19.2 Å². The number of rotatable bonds is 8. The molecule has 0 saturated heterocycles. The van der Waals surface area contributed by atoms with E-state index in [1.165, 1.54) is 32.1 Å². The molecule has 1 fully saturated rings. The molecule has 1 aliphatic carbocycles. The molecule has 0 aromatic rings. The van der Waals surface area contributed by atoms with Gasteiger partial charge in [-0.15, -0.1) is 12.4 Å². The van der Waals surface area contributed by atoms with Crippen LogP contribution in [-0.2, 0) is 4.79 Å². The van der Waals surface area contributed by atoms with Crippen LogP contribution in [0.3, 0.4) is 0 Å². The van der Waals surface area contributed by atoms with E-state index >= 15 is 0 Å². The SMILES string of the molecule is CC(C)CC(CN)NC(=O)CCCC1CCCC1.Cl. The molecule has 3 N–H and O–H groups in total. The maximum Gasteiger partial charge on any atom is 0.220 e. The Morgan fingerprint density at radius 2 is 1.95 bits per heavy atom. The molecule has 1 amide bonds. The van der Waals surface area contributed by atoms with Crippen LogP contribution in [0.5, 0.6) is 0 Å². The molecule has 1 saturated carbocycles. The number of carbonyl (C=O) groups is 1.